The molecule has 0 radical (unpaired) electrons. The van der Waals surface area contributed by atoms with Gasteiger partial charge >= 0.3 is 5.97 Å². The van der Waals surface area contributed by atoms with E-state index in [0.29, 0.717) is 0 Å². The first kappa shape index (κ1) is 9.92. The average molecular weight is 242 g/mol. The van der Waals surface area contributed by atoms with Crippen molar-refractivity contribution in [2.75, 3.05) is 7.11 Å². The fraction of sp³-hybridized carbons (Fsp3) is 0.111. The van der Waals surface area contributed by atoms with Gasteiger partial charge in [0.15, 0.2) is 0 Å². The Kier molecular flexibility index (Phi) is 3.64. The number of pyridine rings is 1. The summed E-state index contributed by atoms with van der Waals surface area (Å²) in [5.74, 6) is -0.372. The lowest BCUT2D eigenvalue weighted by atomic mass is 10.2. The first-order valence-electron chi connectivity index (χ1n) is 3.59. The molecule has 4 heteroatoms. The molecule has 0 amide bonds. The Hall–Kier alpha value is -1.16. The minimum Gasteiger partial charge on any atom is -0.466 e. The van der Waals surface area contributed by atoms with E-state index in [1.54, 1.807) is 24.5 Å². The third-order valence-electron chi connectivity index (χ3n) is 1.40. The number of carbonyl (C=O) groups is 1. The van der Waals surface area contributed by atoms with Crippen LogP contribution in [0.2, 0.25) is 0 Å². The van der Waals surface area contributed by atoms with Gasteiger partial charge in [-0.25, -0.2) is 4.79 Å². The summed E-state index contributed by atoms with van der Waals surface area (Å²) in [5.41, 5.74) is 0.889. The van der Waals surface area contributed by atoms with E-state index in [-0.39, 0.29) is 5.97 Å². The number of carbonyl (C=O) groups excluding carboxylic acids is 1. The molecule has 0 unspecified atom stereocenters. The van der Waals surface area contributed by atoms with Gasteiger partial charge < -0.3 is 4.74 Å². The van der Waals surface area contributed by atoms with Gasteiger partial charge in [-0.05, 0) is 33.6 Å². The van der Waals surface area contributed by atoms with Crippen LogP contribution >= 0.6 is 15.9 Å². The van der Waals surface area contributed by atoms with Gasteiger partial charge in [0.05, 0.1) is 7.11 Å². The van der Waals surface area contributed by atoms with E-state index in [4.69, 9.17) is 0 Å². The summed E-state index contributed by atoms with van der Waals surface area (Å²) in [6.45, 7) is 0. The Bertz CT molecular complexity index is 336. The van der Waals surface area contributed by atoms with E-state index < -0.39 is 0 Å². The Morgan fingerprint density at radius 2 is 2.46 bits per heavy atom. The summed E-state index contributed by atoms with van der Waals surface area (Å²) in [4.78, 5) is 14.7. The zero-order valence-corrected chi connectivity index (χ0v) is 8.61. The lowest BCUT2D eigenvalue weighted by Crippen LogP contribution is -1.93. The summed E-state index contributed by atoms with van der Waals surface area (Å²) in [7, 11) is 1.34. The minimum atomic E-state index is -0.372. The van der Waals surface area contributed by atoms with Crippen molar-refractivity contribution >= 4 is 28.0 Å². The van der Waals surface area contributed by atoms with Crippen LogP contribution in [0.5, 0.6) is 0 Å². The lowest BCUT2D eigenvalue weighted by Gasteiger charge is -1.95. The third-order valence-corrected chi connectivity index (χ3v) is 2.07. The minimum absolute atomic E-state index is 0.372. The fourth-order valence-corrected chi connectivity index (χ4v) is 1.13. The molecule has 3 nitrogen and oxygen atoms in total. The van der Waals surface area contributed by atoms with Crippen molar-refractivity contribution in [2.45, 2.75) is 0 Å². The molecule has 0 aliphatic heterocycles. The van der Waals surface area contributed by atoms with Gasteiger partial charge in [0.2, 0.25) is 0 Å². The zero-order valence-electron chi connectivity index (χ0n) is 7.03. The highest BCUT2D eigenvalue weighted by molar-refractivity contribution is 9.10. The van der Waals surface area contributed by atoms with Crippen molar-refractivity contribution in [3.63, 3.8) is 0 Å². The van der Waals surface area contributed by atoms with Crippen LogP contribution in [0, 0.1) is 0 Å². The van der Waals surface area contributed by atoms with Crippen molar-refractivity contribution in [2.24, 2.45) is 0 Å². The number of ether oxygens (including phenoxy) is 1. The summed E-state index contributed by atoms with van der Waals surface area (Å²) in [6.07, 6.45) is 6.34. The zero-order chi connectivity index (χ0) is 9.68. The maximum atomic E-state index is 10.8. The second-order valence-corrected chi connectivity index (χ2v) is 3.11. The van der Waals surface area contributed by atoms with Gasteiger partial charge in [-0.3, -0.25) is 4.98 Å². The molecule has 0 aliphatic carbocycles. The molecule has 0 aliphatic rings. The van der Waals surface area contributed by atoms with Gasteiger partial charge in [0.1, 0.15) is 0 Å². The topological polar surface area (TPSA) is 39.2 Å². The van der Waals surface area contributed by atoms with E-state index >= 15 is 0 Å². The van der Waals surface area contributed by atoms with Gasteiger partial charge in [-0.15, -0.1) is 0 Å². The largest absolute Gasteiger partial charge is 0.466 e. The van der Waals surface area contributed by atoms with Crippen LogP contribution in [0.15, 0.2) is 29.0 Å². The molecule has 0 atom stereocenters. The Morgan fingerprint density at radius 1 is 1.69 bits per heavy atom. The number of hydrogen-bond acceptors (Lipinski definition) is 3. The number of methoxy groups -OCH3 is 1. The SMILES string of the molecule is COC(=O)C=Cc1ccncc1Br. The maximum Gasteiger partial charge on any atom is 0.330 e. The molecular weight excluding hydrogens is 234 g/mol. The van der Waals surface area contributed by atoms with Crippen LogP contribution < -0.4 is 0 Å². The number of nitrogens with zero attached hydrogens (tertiary/aromatic N) is 1. The highest BCUT2D eigenvalue weighted by Gasteiger charge is 1.95. The van der Waals surface area contributed by atoms with E-state index in [9.17, 15) is 4.79 Å². The number of esters is 1. The second-order valence-electron chi connectivity index (χ2n) is 2.25. The molecule has 0 N–H and O–H groups in total. The van der Waals surface area contributed by atoms with Crippen LogP contribution in [-0.4, -0.2) is 18.1 Å². The van der Waals surface area contributed by atoms with E-state index in [2.05, 4.69) is 25.7 Å². The molecule has 1 rings (SSSR count). The number of rotatable bonds is 2. The highest BCUT2D eigenvalue weighted by atomic mass is 79.9. The molecule has 0 saturated carbocycles. The predicted molar refractivity (Wildman–Crippen MR) is 53.0 cm³/mol. The molecule has 13 heavy (non-hydrogen) atoms. The Balaban J connectivity index is 2.80. The van der Waals surface area contributed by atoms with Gasteiger partial charge in [0, 0.05) is 22.9 Å². The molecular formula is C9H8BrNO2. The highest BCUT2D eigenvalue weighted by Crippen LogP contribution is 2.15. The van der Waals surface area contributed by atoms with Crippen molar-refractivity contribution in [3.8, 4) is 0 Å². The van der Waals surface area contributed by atoms with E-state index in [1.165, 1.54) is 13.2 Å². The van der Waals surface area contributed by atoms with Crippen molar-refractivity contribution in [3.05, 3.63) is 34.6 Å². The van der Waals surface area contributed by atoms with Gasteiger partial charge in [-0.2, -0.15) is 0 Å². The summed E-state index contributed by atoms with van der Waals surface area (Å²) in [6, 6.07) is 1.80. The third kappa shape index (κ3) is 2.99. The van der Waals surface area contributed by atoms with E-state index in [1.807, 2.05) is 0 Å². The molecule has 1 aromatic rings. The normalized spacial score (nSPS) is 10.3. The second kappa shape index (κ2) is 4.77. The van der Waals surface area contributed by atoms with Gasteiger partial charge in [-0.1, -0.05) is 0 Å². The van der Waals surface area contributed by atoms with Crippen LogP contribution in [0.3, 0.4) is 0 Å². The summed E-state index contributed by atoms with van der Waals surface area (Å²) < 4.78 is 5.30. The molecule has 0 fully saturated rings. The monoisotopic (exact) mass is 241 g/mol. The fourth-order valence-electron chi connectivity index (χ4n) is 0.747. The molecule has 1 heterocycles. The smallest absolute Gasteiger partial charge is 0.330 e. The average Bonchev–Trinajstić information content (AvgIpc) is 2.16. The first-order valence-corrected chi connectivity index (χ1v) is 4.39. The lowest BCUT2D eigenvalue weighted by molar-refractivity contribution is -0.134. The molecule has 0 aromatic carbocycles. The molecule has 0 bridgehead atoms. The van der Waals surface area contributed by atoms with Crippen molar-refractivity contribution in [1.82, 2.24) is 4.98 Å². The van der Waals surface area contributed by atoms with Gasteiger partial charge in [0.25, 0.3) is 0 Å². The first-order chi connectivity index (χ1) is 6.24. The molecule has 0 saturated heterocycles. The van der Waals surface area contributed by atoms with Crippen LogP contribution in [0.1, 0.15) is 5.56 Å². The molecule has 0 spiro atoms. The standard InChI is InChI=1S/C9H8BrNO2/c1-13-9(12)3-2-7-4-5-11-6-8(7)10/h2-6H,1H3. The summed E-state index contributed by atoms with van der Waals surface area (Å²) in [5, 5.41) is 0. The Labute approximate surface area is 84.6 Å². The molecule has 1 aromatic heterocycles. The number of hydrogen-bond donors (Lipinski definition) is 0. The van der Waals surface area contributed by atoms with Crippen LogP contribution in [0.25, 0.3) is 6.08 Å². The van der Waals surface area contributed by atoms with Crippen molar-refractivity contribution in [1.29, 1.82) is 0 Å². The van der Waals surface area contributed by atoms with E-state index in [0.717, 1.165) is 10.0 Å². The predicted octanol–water partition coefficient (Wildman–Crippen LogP) is 2.03. The van der Waals surface area contributed by atoms with Crippen LogP contribution in [-0.2, 0) is 9.53 Å². The number of halogens is 1. The quantitative estimate of drug-likeness (QED) is 0.588. The Morgan fingerprint density at radius 3 is 3.08 bits per heavy atom. The van der Waals surface area contributed by atoms with Crippen molar-refractivity contribution < 1.29 is 9.53 Å². The maximum absolute atomic E-state index is 10.8. The summed E-state index contributed by atoms with van der Waals surface area (Å²) >= 11 is 3.30. The molecule has 68 valence electrons. The van der Waals surface area contributed by atoms with Crippen LogP contribution in [0.4, 0.5) is 0 Å². The number of aromatic nitrogens is 1.